The van der Waals surface area contributed by atoms with Gasteiger partial charge in [-0.05, 0) is 25.1 Å². The summed E-state index contributed by atoms with van der Waals surface area (Å²) in [5.41, 5.74) is 1.63. The largest absolute Gasteiger partial charge is 0.550 e. The third-order valence-corrected chi connectivity index (χ3v) is 3.90. The van der Waals surface area contributed by atoms with E-state index in [0.29, 0.717) is 11.3 Å². The Labute approximate surface area is 158 Å². The Kier molecular flexibility index (Phi) is 6.69. The quantitative estimate of drug-likeness (QED) is 0.387. The van der Waals surface area contributed by atoms with Crippen molar-refractivity contribution >= 4 is 33.9 Å². The number of carbonyl (C=O) groups excluding carboxylic acids is 2. The van der Waals surface area contributed by atoms with Crippen LogP contribution in [0.2, 0.25) is 0 Å². The number of esters is 1. The molecule has 0 aliphatic rings. The Morgan fingerprint density at radius 2 is 2.08 bits per heavy atom. The van der Waals surface area contributed by atoms with Crippen molar-refractivity contribution in [3.8, 4) is 17.3 Å². The number of hydrogen-bond donors (Lipinski definition) is 0. The molecule has 0 unspecified atom stereocenters. The number of rotatable bonds is 7. The molecule has 0 aliphatic heterocycles. The van der Waals surface area contributed by atoms with Crippen LogP contribution in [0.25, 0.3) is 17.3 Å². The van der Waals surface area contributed by atoms with E-state index in [0.717, 1.165) is 10.0 Å². The minimum Gasteiger partial charge on any atom is -0.550 e. The van der Waals surface area contributed by atoms with Gasteiger partial charge in [-0.3, -0.25) is 4.68 Å². The number of aliphatic carboxylic acids is 1. The van der Waals surface area contributed by atoms with Crippen LogP contribution in [0.3, 0.4) is 0 Å². The highest BCUT2D eigenvalue weighted by molar-refractivity contribution is 9.10. The molecular weight excluding hydrogens is 402 g/mol. The molecule has 0 radical (unpaired) electrons. The van der Waals surface area contributed by atoms with Crippen molar-refractivity contribution < 1.29 is 19.4 Å². The SMILES string of the molecule is CCOC(=O)/C(C#N)=C/c1cn(CCC(=O)[O-])nc1-c1ccc(Br)cc1. The zero-order chi connectivity index (χ0) is 19.1. The van der Waals surface area contributed by atoms with Crippen molar-refractivity contribution in [2.24, 2.45) is 0 Å². The predicted molar refractivity (Wildman–Crippen MR) is 95.2 cm³/mol. The molecule has 0 saturated carbocycles. The second-order valence-electron chi connectivity index (χ2n) is 5.22. The fourth-order valence-electron chi connectivity index (χ4n) is 2.20. The van der Waals surface area contributed by atoms with E-state index in [1.54, 1.807) is 13.1 Å². The zero-order valence-electron chi connectivity index (χ0n) is 13.9. The van der Waals surface area contributed by atoms with E-state index in [1.165, 1.54) is 10.8 Å². The van der Waals surface area contributed by atoms with Gasteiger partial charge >= 0.3 is 5.97 Å². The minimum absolute atomic E-state index is 0.112. The molecule has 134 valence electrons. The summed E-state index contributed by atoms with van der Waals surface area (Å²) < 4.78 is 7.20. The average molecular weight is 417 g/mol. The fourth-order valence-corrected chi connectivity index (χ4v) is 2.46. The zero-order valence-corrected chi connectivity index (χ0v) is 15.5. The summed E-state index contributed by atoms with van der Waals surface area (Å²) in [4.78, 5) is 22.5. The normalized spacial score (nSPS) is 11.0. The number of hydrogen-bond acceptors (Lipinski definition) is 6. The van der Waals surface area contributed by atoms with Crippen LogP contribution in [0.5, 0.6) is 0 Å². The topological polar surface area (TPSA) is 108 Å². The molecule has 7 nitrogen and oxygen atoms in total. The lowest BCUT2D eigenvalue weighted by Crippen LogP contribution is -2.23. The van der Waals surface area contributed by atoms with E-state index in [-0.39, 0.29) is 25.1 Å². The summed E-state index contributed by atoms with van der Waals surface area (Å²) in [5.74, 6) is -1.91. The maximum atomic E-state index is 11.9. The van der Waals surface area contributed by atoms with Crippen molar-refractivity contribution in [1.29, 1.82) is 5.26 Å². The molecular formula is C18H15BrN3O4-. The first-order valence-electron chi connectivity index (χ1n) is 7.76. The summed E-state index contributed by atoms with van der Waals surface area (Å²) in [6.07, 6.45) is 2.77. The summed E-state index contributed by atoms with van der Waals surface area (Å²) in [7, 11) is 0. The second-order valence-corrected chi connectivity index (χ2v) is 6.13. The molecule has 0 saturated heterocycles. The molecule has 26 heavy (non-hydrogen) atoms. The van der Waals surface area contributed by atoms with Gasteiger partial charge in [-0.1, -0.05) is 28.1 Å². The number of aryl methyl sites for hydroxylation is 1. The summed E-state index contributed by atoms with van der Waals surface area (Å²) in [6, 6.07) is 9.13. The van der Waals surface area contributed by atoms with Crippen LogP contribution in [-0.2, 0) is 20.9 Å². The van der Waals surface area contributed by atoms with Gasteiger partial charge < -0.3 is 14.6 Å². The number of carbonyl (C=O) groups is 2. The van der Waals surface area contributed by atoms with Crippen molar-refractivity contribution in [2.75, 3.05) is 6.61 Å². The average Bonchev–Trinajstić information content (AvgIpc) is 3.01. The van der Waals surface area contributed by atoms with Gasteiger partial charge in [0.15, 0.2) is 0 Å². The Morgan fingerprint density at radius 3 is 2.65 bits per heavy atom. The van der Waals surface area contributed by atoms with Crippen LogP contribution in [0.15, 0.2) is 40.5 Å². The predicted octanol–water partition coefficient (Wildman–Crippen LogP) is 1.92. The van der Waals surface area contributed by atoms with E-state index in [1.807, 2.05) is 30.3 Å². The first-order valence-corrected chi connectivity index (χ1v) is 8.56. The maximum absolute atomic E-state index is 11.9. The Bertz CT molecular complexity index is 879. The molecule has 0 aliphatic carbocycles. The van der Waals surface area contributed by atoms with Crippen molar-refractivity contribution in [3.05, 3.63) is 46.1 Å². The summed E-state index contributed by atoms with van der Waals surface area (Å²) in [5, 5.41) is 24.3. The summed E-state index contributed by atoms with van der Waals surface area (Å²) in [6.45, 7) is 1.92. The van der Waals surface area contributed by atoms with Crippen LogP contribution < -0.4 is 5.11 Å². The Hall–Kier alpha value is -2.92. The van der Waals surface area contributed by atoms with Crippen LogP contribution in [0, 0.1) is 11.3 Å². The number of ether oxygens (including phenoxy) is 1. The second kappa shape index (κ2) is 8.97. The third-order valence-electron chi connectivity index (χ3n) is 3.37. The maximum Gasteiger partial charge on any atom is 0.348 e. The molecule has 2 rings (SSSR count). The lowest BCUT2D eigenvalue weighted by atomic mass is 10.1. The highest BCUT2D eigenvalue weighted by Gasteiger charge is 2.15. The minimum atomic E-state index is -1.19. The highest BCUT2D eigenvalue weighted by atomic mass is 79.9. The standard InChI is InChI=1S/C18H16BrN3O4/c1-2-26-18(25)13(10-20)9-14-11-22(8-7-16(23)24)21-17(14)12-3-5-15(19)6-4-12/h3-6,9,11H,2,7-8H2,1H3,(H,23,24)/p-1/b13-9+. The number of benzene rings is 1. The fraction of sp³-hybridized carbons (Fsp3) is 0.222. The van der Waals surface area contributed by atoms with Gasteiger partial charge in [-0.15, -0.1) is 0 Å². The van der Waals surface area contributed by atoms with E-state index in [2.05, 4.69) is 21.0 Å². The van der Waals surface area contributed by atoms with Crippen molar-refractivity contribution in [1.82, 2.24) is 9.78 Å². The van der Waals surface area contributed by atoms with E-state index >= 15 is 0 Å². The van der Waals surface area contributed by atoms with Gasteiger partial charge in [0.1, 0.15) is 11.6 Å². The molecule has 8 heteroatoms. The Morgan fingerprint density at radius 1 is 1.38 bits per heavy atom. The van der Waals surface area contributed by atoms with Crippen LogP contribution in [-0.4, -0.2) is 28.3 Å². The molecule has 0 amide bonds. The highest BCUT2D eigenvalue weighted by Crippen LogP contribution is 2.26. The molecule has 0 fully saturated rings. The van der Waals surface area contributed by atoms with Gasteiger partial charge in [-0.25, -0.2) is 4.79 Å². The summed E-state index contributed by atoms with van der Waals surface area (Å²) >= 11 is 3.36. The van der Waals surface area contributed by atoms with Crippen molar-refractivity contribution in [2.45, 2.75) is 19.9 Å². The third kappa shape index (κ3) is 5.04. The van der Waals surface area contributed by atoms with Gasteiger partial charge in [-0.2, -0.15) is 10.4 Å². The van der Waals surface area contributed by atoms with Crippen LogP contribution in [0.4, 0.5) is 0 Å². The molecule has 0 spiro atoms. The number of nitrogens with zero attached hydrogens (tertiary/aromatic N) is 3. The molecule has 0 N–H and O–H groups in total. The molecule has 2 aromatic rings. The molecule has 0 bridgehead atoms. The first-order chi connectivity index (χ1) is 12.4. The monoisotopic (exact) mass is 416 g/mol. The van der Waals surface area contributed by atoms with Gasteiger partial charge in [0.2, 0.25) is 0 Å². The van der Waals surface area contributed by atoms with Gasteiger partial charge in [0, 0.05) is 40.7 Å². The molecule has 1 heterocycles. The number of halogens is 1. The van der Waals surface area contributed by atoms with Gasteiger partial charge in [0.05, 0.1) is 12.3 Å². The van der Waals surface area contributed by atoms with Gasteiger partial charge in [0.25, 0.3) is 0 Å². The number of nitriles is 1. The lowest BCUT2D eigenvalue weighted by Gasteiger charge is -2.02. The number of carboxylic acids is 1. The van der Waals surface area contributed by atoms with E-state index in [9.17, 15) is 20.0 Å². The lowest BCUT2D eigenvalue weighted by molar-refractivity contribution is -0.306. The molecule has 1 aromatic carbocycles. The van der Waals surface area contributed by atoms with Crippen LogP contribution >= 0.6 is 15.9 Å². The first kappa shape index (κ1) is 19.4. The van der Waals surface area contributed by atoms with E-state index < -0.39 is 11.9 Å². The van der Waals surface area contributed by atoms with Crippen LogP contribution in [0.1, 0.15) is 18.9 Å². The molecule has 0 atom stereocenters. The Balaban J connectivity index is 2.47. The van der Waals surface area contributed by atoms with Crippen molar-refractivity contribution in [3.63, 3.8) is 0 Å². The number of aromatic nitrogens is 2. The number of carboxylic acid groups (broad SMARTS) is 1. The smallest absolute Gasteiger partial charge is 0.348 e. The molecule has 1 aromatic heterocycles. The van der Waals surface area contributed by atoms with E-state index in [4.69, 9.17) is 4.74 Å².